The van der Waals surface area contributed by atoms with Crippen molar-refractivity contribution in [1.82, 2.24) is 10.6 Å². The Balaban J connectivity index is 1.59. The molecule has 2 atom stereocenters. The molecule has 2 aromatic rings. The molecule has 2 unspecified atom stereocenters. The lowest BCUT2D eigenvalue weighted by molar-refractivity contribution is 0.0915. The fraction of sp³-hybridized carbons (Fsp3) is 0.381. The van der Waals surface area contributed by atoms with Crippen LogP contribution in [-0.2, 0) is 11.3 Å². The van der Waals surface area contributed by atoms with Gasteiger partial charge in [-0.2, -0.15) is 0 Å². The Morgan fingerprint density at radius 1 is 1.04 bits per heavy atom. The van der Waals surface area contributed by atoms with Gasteiger partial charge in [0.05, 0.1) is 12.6 Å². The third kappa shape index (κ3) is 5.07. The second-order valence-electron chi connectivity index (χ2n) is 6.31. The van der Waals surface area contributed by atoms with Crippen LogP contribution in [-0.4, -0.2) is 25.7 Å². The topological polar surface area (TPSA) is 45.7 Å². The van der Waals surface area contributed by atoms with E-state index in [9.17, 15) is 0 Å². The van der Waals surface area contributed by atoms with Crippen molar-refractivity contribution in [1.29, 1.82) is 0 Å². The molecule has 0 aliphatic carbocycles. The number of nitrogens with zero attached hydrogens (tertiary/aromatic N) is 1. The van der Waals surface area contributed by atoms with E-state index in [-0.39, 0.29) is 6.10 Å². The summed E-state index contributed by atoms with van der Waals surface area (Å²) in [6.07, 6.45) is 1.25. The van der Waals surface area contributed by atoms with Gasteiger partial charge in [0, 0.05) is 25.6 Å². The molecule has 0 bridgehead atoms. The smallest absolute Gasteiger partial charge is 0.191 e. The molecule has 2 aromatic carbocycles. The van der Waals surface area contributed by atoms with Gasteiger partial charge in [0.15, 0.2) is 5.96 Å². The van der Waals surface area contributed by atoms with Crippen molar-refractivity contribution < 1.29 is 4.74 Å². The molecular weight excluding hydrogens is 310 g/mol. The Hall–Kier alpha value is -2.33. The maximum Gasteiger partial charge on any atom is 0.191 e. The van der Waals surface area contributed by atoms with Gasteiger partial charge < -0.3 is 15.4 Å². The largest absolute Gasteiger partial charge is 0.373 e. The molecule has 4 heteroatoms. The molecule has 0 radical (unpaired) electrons. The number of nitrogens with one attached hydrogen (secondary N) is 2. The van der Waals surface area contributed by atoms with Crippen molar-refractivity contribution in [2.75, 3.05) is 19.7 Å². The van der Waals surface area contributed by atoms with Gasteiger partial charge in [-0.3, -0.25) is 0 Å². The maximum atomic E-state index is 5.97. The highest BCUT2D eigenvalue weighted by Gasteiger charge is 2.29. The molecule has 1 saturated heterocycles. The number of aliphatic imine (C=N–C) groups is 1. The predicted octanol–water partition coefficient (Wildman–Crippen LogP) is 3.52. The minimum atomic E-state index is 0.172. The summed E-state index contributed by atoms with van der Waals surface area (Å²) in [5.41, 5.74) is 2.48. The highest BCUT2D eigenvalue weighted by Crippen LogP contribution is 2.33. The number of hydrogen-bond donors (Lipinski definition) is 2. The van der Waals surface area contributed by atoms with Crippen LogP contribution in [0.2, 0.25) is 0 Å². The van der Waals surface area contributed by atoms with Crippen molar-refractivity contribution >= 4 is 5.96 Å². The van der Waals surface area contributed by atoms with E-state index < -0.39 is 0 Å². The second kappa shape index (κ2) is 9.23. The van der Waals surface area contributed by atoms with Crippen LogP contribution in [0.15, 0.2) is 65.7 Å². The molecule has 1 aliphatic heterocycles. The molecular formula is C21H27N3O. The zero-order valence-electron chi connectivity index (χ0n) is 14.8. The average Bonchev–Trinajstić information content (AvgIpc) is 3.14. The van der Waals surface area contributed by atoms with E-state index in [1.807, 2.05) is 24.3 Å². The number of benzene rings is 2. The Kier molecular flexibility index (Phi) is 6.46. The first-order valence-electron chi connectivity index (χ1n) is 9.09. The molecule has 0 amide bonds. The Labute approximate surface area is 150 Å². The predicted molar refractivity (Wildman–Crippen MR) is 103 cm³/mol. The van der Waals surface area contributed by atoms with Gasteiger partial charge in [0.2, 0.25) is 0 Å². The fourth-order valence-corrected chi connectivity index (χ4v) is 3.18. The summed E-state index contributed by atoms with van der Waals surface area (Å²) < 4.78 is 5.97. The van der Waals surface area contributed by atoms with E-state index in [0.717, 1.165) is 32.1 Å². The molecule has 132 valence electrons. The molecule has 1 aliphatic rings. The summed E-state index contributed by atoms with van der Waals surface area (Å²) in [6.45, 7) is 5.30. The highest BCUT2D eigenvalue weighted by atomic mass is 16.5. The third-order valence-electron chi connectivity index (χ3n) is 4.48. The van der Waals surface area contributed by atoms with E-state index >= 15 is 0 Å². The Bertz CT molecular complexity index is 657. The van der Waals surface area contributed by atoms with Crippen LogP contribution >= 0.6 is 0 Å². The van der Waals surface area contributed by atoms with Gasteiger partial charge >= 0.3 is 0 Å². The number of hydrogen-bond acceptors (Lipinski definition) is 2. The Morgan fingerprint density at radius 2 is 1.76 bits per heavy atom. The lowest BCUT2D eigenvalue weighted by atomic mass is 9.95. The van der Waals surface area contributed by atoms with Crippen LogP contribution in [0.1, 0.15) is 30.6 Å². The molecule has 0 aromatic heterocycles. The van der Waals surface area contributed by atoms with Gasteiger partial charge in [0.1, 0.15) is 0 Å². The van der Waals surface area contributed by atoms with Gasteiger partial charge in [-0.05, 0) is 24.5 Å². The third-order valence-corrected chi connectivity index (χ3v) is 4.48. The first kappa shape index (κ1) is 17.5. The standard InChI is InChI=1S/C21H27N3O/c1-2-22-21(23-15-17-9-5-3-6-10-17)24-16-19-13-14-25-20(19)18-11-7-4-8-12-18/h3-12,19-20H,2,13-16H2,1H3,(H2,22,23,24). The van der Waals surface area contributed by atoms with Crippen molar-refractivity contribution in [3.8, 4) is 0 Å². The minimum absolute atomic E-state index is 0.172. The van der Waals surface area contributed by atoms with Crippen LogP contribution in [0.3, 0.4) is 0 Å². The average molecular weight is 337 g/mol. The second-order valence-corrected chi connectivity index (χ2v) is 6.31. The molecule has 0 spiro atoms. The molecule has 4 nitrogen and oxygen atoms in total. The fourth-order valence-electron chi connectivity index (χ4n) is 3.18. The maximum absolute atomic E-state index is 5.97. The summed E-state index contributed by atoms with van der Waals surface area (Å²) >= 11 is 0. The summed E-state index contributed by atoms with van der Waals surface area (Å²) in [5, 5.41) is 6.82. The van der Waals surface area contributed by atoms with Crippen LogP contribution < -0.4 is 10.6 Å². The first-order valence-corrected chi connectivity index (χ1v) is 9.09. The molecule has 25 heavy (non-hydrogen) atoms. The SMILES string of the molecule is CCNC(=NCc1ccccc1)NCC1CCOC1c1ccccc1. The Morgan fingerprint density at radius 3 is 2.48 bits per heavy atom. The zero-order chi connectivity index (χ0) is 17.3. The van der Waals surface area contributed by atoms with E-state index in [4.69, 9.17) is 9.73 Å². The summed E-state index contributed by atoms with van der Waals surface area (Å²) in [5.74, 6) is 1.33. The lowest BCUT2D eigenvalue weighted by Gasteiger charge is -2.20. The van der Waals surface area contributed by atoms with Crippen LogP contribution in [0.25, 0.3) is 0 Å². The van der Waals surface area contributed by atoms with Gasteiger partial charge in [0.25, 0.3) is 0 Å². The summed E-state index contributed by atoms with van der Waals surface area (Å²) in [7, 11) is 0. The van der Waals surface area contributed by atoms with Crippen molar-refractivity contribution in [2.24, 2.45) is 10.9 Å². The number of ether oxygens (including phenoxy) is 1. The van der Waals surface area contributed by atoms with E-state index in [1.165, 1.54) is 11.1 Å². The van der Waals surface area contributed by atoms with Crippen LogP contribution in [0, 0.1) is 5.92 Å². The number of guanidine groups is 1. The summed E-state index contributed by atoms with van der Waals surface area (Å²) in [6, 6.07) is 20.8. The summed E-state index contributed by atoms with van der Waals surface area (Å²) in [4.78, 5) is 4.70. The van der Waals surface area contributed by atoms with E-state index in [2.05, 4.69) is 54.0 Å². The van der Waals surface area contributed by atoms with E-state index in [0.29, 0.717) is 12.5 Å². The first-order chi connectivity index (χ1) is 12.4. The van der Waals surface area contributed by atoms with E-state index in [1.54, 1.807) is 0 Å². The van der Waals surface area contributed by atoms with Crippen molar-refractivity contribution in [3.05, 3.63) is 71.8 Å². The van der Waals surface area contributed by atoms with Crippen molar-refractivity contribution in [2.45, 2.75) is 26.0 Å². The normalized spacial score (nSPS) is 20.4. The lowest BCUT2D eigenvalue weighted by Crippen LogP contribution is -2.40. The van der Waals surface area contributed by atoms with Crippen LogP contribution in [0.4, 0.5) is 0 Å². The zero-order valence-corrected chi connectivity index (χ0v) is 14.8. The van der Waals surface area contributed by atoms with Crippen molar-refractivity contribution in [3.63, 3.8) is 0 Å². The van der Waals surface area contributed by atoms with Crippen LogP contribution in [0.5, 0.6) is 0 Å². The molecule has 1 fully saturated rings. The quantitative estimate of drug-likeness (QED) is 0.626. The molecule has 3 rings (SSSR count). The molecule has 1 heterocycles. The molecule has 0 saturated carbocycles. The highest BCUT2D eigenvalue weighted by molar-refractivity contribution is 5.79. The minimum Gasteiger partial charge on any atom is -0.373 e. The number of rotatable bonds is 6. The van der Waals surface area contributed by atoms with Gasteiger partial charge in [-0.1, -0.05) is 60.7 Å². The monoisotopic (exact) mass is 337 g/mol. The van der Waals surface area contributed by atoms with Gasteiger partial charge in [-0.15, -0.1) is 0 Å². The van der Waals surface area contributed by atoms with Gasteiger partial charge in [-0.25, -0.2) is 4.99 Å². The molecule has 2 N–H and O–H groups in total.